The molecule has 1 unspecified atom stereocenters. The van der Waals surface area contributed by atoms with Crippen molar-refractivity contribution in [3.8, 4) is 5.75 Å². The average molecular weight is 327 g/mol. The Morgan fingerprint density at radius 1 is 1.33 bits per heavy atom. The van der Waals surface area contributed by atoms with Crippen LogP contribution in [0.1, 0.15) is 18.9 Å². The summed E-state index contributed by atoms with van der Waals surface area (Å²) < 4.78 is 40.4. The van der Waals surface area contributed by atoms with E-state index in [2.05, 4.69) is 10.1 Å². The zero-order valence-corrected chi connectivity index (χ0v) is 12.3. The number of hydrogen-bond acceptors (Lipinski definition) is 3. The molecule has 4 nitrogen and oxygen atoms in total. The Hall–Kier alpha value is -1.47. The van der Waals surface area contributed by atoms with Crippen LogP contribution in [0.3, 0.4) is 0 Å². The molecule has 0 bridgehead atoms. The molecule has 0 aliphatic carbocycles. The number of benzene rings is 1. The van der Waals surface area contributed by atoms with Crippen LogP contribution in [0.5, 0.6) is 5.75 Å². The number of carbonyl (C=O) groups is 1. The normalized spacial score (nSPS) is 12.2. The maximum atomic E-state index is 12.0. The van der Waals surface area contributed by atoms with Crippen LogP contribution >= 0.6 is 12.4 Å². The first-order valence-electron chi connectivity index (χ1n) is 6.07. The average Bonchev–Trinajstić information content (AvgIpc) is 2.33. The minimum absolute atomic E-state index is 0. The standard InChI is InChI=1S/C13H17F3N2O2.ClH/c1-9(17)6-12(19)18-7-10-2-4-11(5-3-10)20-8-13(14,15)16;/h2-5,9H,6-8,17H2,1H3,(H,18,19);1H. The van der Waals surface area contributed by atoms with Crippen molar-refractivity contribution < 1.29 is 22.7 Å². The molecule has 3 N–H and O–H groups in total. The number of halogens is 4. The Bertz CT molecular complexity index is 436. The second-order valence-corrected chi connectivity index (χ2v) is 4.51. The van der Waals surface area contributed by atoms with Gasteiger partial charge in [0.05, 0.1) is 0 Å². The van der Waals surface area contributed by atoms with E-state index in [-0.39, 0.29) is 36.5 Å². The van der Waals surface area contributed by atoms with Crippen LogP contribution in [-0.4, -0.2) is 24.7 Å². The second-order valence-electron chi connectivity index (χ2n) is 4.51. The van der Waals surface area contributed by atoms with Crippen molar-refractivity contribution in [3.63, 3.8) is 0 Å². The largest absolute Gasteiger partial charge is 0.484 e. The van der Waals surface area contributed by atoms with Crippen molar-refractivity contribution in [2.24, 2.45) is 5.73 Å². The molecule has 0 aliphatic rings. The molecule has 1 rings (SSSR count). The second kappa shape index (κ2) is 8.74. The van der Waals surface area contributed by atoms with Crippen LogP contribution in [0, 0.1) is 0 Å². The first-order chi connectivity index (χ1) is 9.26. The third-order valence-electron chi connectivity index (χ3n) is 2.32. The van der Waals surface area contributed by atoms with Crippen molar-refractivity contribution >= 4 is 18.3 Å². The van der Waals surface area contributed by atoms with Crippen LogP contribution in [0.4, 0.5) is 13.2 Å². The molecule has 0 aromatic heterocycles. The number of ether oxygens (including phenoxy) is 1. The molecule has 1 atom stereocenters. The molecule has 1 aromatic carbocycles. The fraction of sp³-hybridized carbons (Fsp3) is 0.462. The van der Waals surface area contributed by atoms with Crippen LogP contribution in [0.2, 0.25) is 0 Å². The molecular formula is C13H18ClF3N2O2. The summed E-state index contributed by atoms with van der Waals surface area (Å²) in [5.41, 5.74) is 6.25. The number of amides is 1. The molecule has 0 heterocycles. The summed E-state index contributed by atoms with van der Waals surface area (Å²) in [7, 11) is 0. The van der Waals surface area contributed by atoms with E-state index in [0.29, 0.717) is 6.54 Å². The molecule has 21 heavy (non-hydrogen) atoms. The Labute approximate surface area is 127 Å². The van der Waals surface area contributed by atoms with E-state index >= 15 is 0 Å². The number of rotatable bonds is 6. The summed E-state index contributed by atoms with van der Waals surface area (Å²) in [6.45, 7) is 0.703. The van der Waals surface area contributed by atoms with E-state index < -0.39 is 12.8 Å². The third-order valence-corrected chi connectivity index (χ3v) is 2.32. The van der Waals surface area contributed by atoms with Gasteiger partial charge in [-0.2, -0.15) is 13.2 Å². The van der Waals surface area contributed by atoms with Gasteiger partial charge >= 0.3 is 6.18 Å². The minimum Gasteiger partial charge on any atom is -0.484 e. The highest BCUT2D eigenvalue weighted by Gasteiger charge is 2.28. The topological polar surface area (TPSA) is 64.4 Å². The minimum atomic E-state index is -4.36. The van der Waals surface area contributed by atoms with Gasteiger partial charge in [-0.05, 0) is 24.6 Å². The molecule has 8 heteroatoms. The Morgan fingerprint density at radius 3 is 2.38 bits per heavy atom. The molecular weight excluding hydrogens is 309 g/mol. The number of alkyl halides is 3. The quantitative estimate of drug-likeness (QED) is 0.843. The van der Waals surface area contributed by atoms with Gasteiger partial charge in [0.1, 0.15) is 5.75 Å². The molecule has 0 saturated carbocycles. The van der Waals surface area contributed by atoms with E-state index in [1.807, 2.05) is 0 Å². The molecule has 1 aromatic rings. The third kappa shape index (κ3) is 9.14. The fourth-order valence-electron chi connectivity index (χ4n) is 1.43. The Kier molecular flexibility index (Phi) is 8.12. The maximum absolute atomic E-state index is 12.0. The summed E-state index contributed by atoms with van der Waals surface area (Å²) in [6.07, 6.45) is -4.13. The van der Waals surface area contributed by atoms with Gasteiger partial charge in [0.25, 0.3) is 0 Å². The number of nitrogens with one attached hydrogen (secondary N) is 1. The van der Waals surface area contributed by atoms with Crippen LogP contribution in [0.25, 0.3) is 0 Å². The van der Waals surface area contributed by atoms with Gasteiger partial charge in [-0.15, -0.1) is 12.4 Å². The van der Waals surface area contributed by atoms with Gasteiger partial charge in [-0.3, -0.25) is 4.79 Å². The molecule has 0 fully saturated rings. The summed E-state index contributed by atoms with van der Waals surface area (Å²) in [6, 6.07) is 5.83. The molecule has 0 aliphatic heterocycles. The molecule has 0 radical (unpaired) electrons. The first kappa shape index (κ1) is 19.5. The highest BCUT2D eigenvalue weighted by Crippen LogP contribution is 2.18. The number of carbonyl (C=O) groups excluding carboxylic acids is 1. The van der Waals surface area contributed by atoms with Crippen molar-refractivity contribution in [1.82, 2.24) is 5.32 Å². The molecule has 120 valence electrons. The predicted molar refractivity (Wildman–Crippen MR) is 75.4 cm³/mol. The van der Waals surface area contributed by atoms with Crippen LogP contribution < -0.4 is 15.8 Å². The SMILES string of the molecule is CC(N)CC(=O)NCc1ccc(OCC(F)(F)F)cc1.Cl. The van der Waals surface area contributed by atoms with Crippen molar-refractivity contribution in [3.05, 3.63) is 29.8 Å². The fourth-order valence-corrected chi connectivity index (χ4v) is 1.43. The lowest BCUT2D eigenvalue weighted by Crippen LogP contribution is -2.29. The summed E-state index contributed by atoms with van der Waals surface area (Å²) >= 11 is 0. The Balaban J connectivity index is 0.00000400. The molecule has 0 spiro atoms. The summed E-state index contributed by atoms with van der Waals surface area (Å²) in [5, 5.41) is 2.67. The number of hydrogen-bond donors (Lipinski definition) is 2. The van der Waals surface area contributed by atoms with Gasteiger partial charge in [0.15, 0.2) is 6.61 Å². The van der Waals surface area contributed by atoms with Gasteiger partial charge in [-0.25, -0.2) is 0 Å². The van der Waals surface area contributed by atoms with E-state index in [1.54, 1.807) is 19.1 Å². The highest BCUT2D eigenvalue weighted by atomic mass is 35.5. The monoisotopic (exact) mass is 326 g/mol. The lowest BCUT2D eigenvalue weighted by Gasteiger charge is -2.10. The van der Waals surface area contributed by atoms with Crippen molar-refractivity contribution in [2.75, 3.05) is 6.61 Å². The Morgan fingerprint density at radius 2 is 1.90 bits per heavy atom. The lowest BCUT2D eigenvalue weighted by atomic mass is 10.2. The van der Waals surface area contributed by atoms with Crippen molar-refractivity contribution in [1.29, 1.82) is 0 Å². The summed E-state index contributed by atoms with van der Waals surface area (Å²) in [4.78, 5) is 11.4. The van der Waals surface area contributed by atoms with Crippen LogP contribution in [0.15, 0.2) is 24.3 Å². The van der Waals surface area contributed by atoms with E-state index in [0.717, 1.165) is 5.56 Å². The highest BCUT2D eigenvalue weighted by molar-refractivity contribution is 5.85. The van der Waals surface area contributed by atoms with Gasteiger partial charge < -0.3 is 15.8 Å². The zero-order chi connectivity index (χ0) is 15.2. The van der Waals surface area contributed by atoms with Gasteiger partial charge in [-0.1, -0.05) is 12.1 Å². The van der Waals surface area contributed by atoms with Gasteiger partial charge in [0.2, 0.25) is 5.91 Å². The van der Waals surface area contributed by atoms with Crippen molar-refractivity contribution in [2.45, 2.75) is 32.1 Å². The summed E-state index contributed by atoms with van der Waals surface area (Å²) in [5.74, 6) is -0.0367. The zero-order valence-electron chi connectivity index (χ0n) is 11.4. The predicted octanol–water partition coefficient (Wildman–Crippen LogP) is 2.40. The van der Waals surface area contributed by atoms with E-state index in [1.165, 1.54) is 12.1 Å². The smallest absolute Gasteiger partial charge is 0.422 e. The van der Waals surface area contributed by atoms with E-state index in [4.69, 9.17) is 5.73 Å². The first-order valence-corrected chi connectivity index (χ1v) is 6.07. The molecule has 1 amide bonds. The van der Waals surface area contributed by atoms with E-state index in [9.17, 15) is 18.0 Å². The molecule has 0 saturated heterocycles. The lowest BCUT2D eigenvalue weighted by molar-refractivity contribution is -0.153. The maximum Gasteiger partial charge on any atom is 0.422 e. The van der Waals surface area contributed by atoms with Crippen LogP contribution in [-0.2, 0) is 11.3 Å². The van der Waals surface area contributed by atoms with Gasteiger partial charge in [0, 0.05) is 19.0 Å². The number of nitrogens with two attached hydrogens (primary N) is 1.